The molecule has 1 atom stereocenters. The third-order valence-corrected chi connectivity index (χ3v) is 9.32. The van der Waals surface area contributed by atoms with Crippen molar-refractivity contribution >= 4 is 26.6 Å². The van der Waals surface area contributed by atoms with Crippen molar-refractivity contribution in [1.82, 2.24) is 14.8 Å². The fourth-order valence-electron chi connectivity index (χ4n) is 5.34. The lowest BCUT2D eigenvalue weighted by Crippen LogP contribution is -2.48. The van der Waals surface area contributed by atoms with Gasteiger partial charge in [-0.25, -0.2) is 8.42 Å². The van der Waals surface area contributed by atoms with Crippen LogP contribution in [0.25, 0.3) is 10.9 Å². The molecule has 5 rings (SSSR count). The summed E-state index contributed by atoms with van der Waals surface area (Å²) >= 11 is 0. The minimum absolute atomic E-state index is 0.0245. The highest BCUT2D eigenvalue weighted by molar-refractivity contribution is 7.91. The van der Waals surface area contributed by atoms with Gasteiger partial charge in [0.1, 0.15) is 6.04 Å². The number of rotatable bonds is 8. The molecule has 2 aliphatic rings. The van der Waals surface area contributed by atoms with E-state index in [9.17, 15) is 26.4 Å². The first-order valence-corrected chi connectivity index (χ1v) is 14.8. The Morgan fingerprint density at radius 1 is 1.03 bits per heavy atom. The molecule has 6 nitrogen and oxygen atoms in total. The van der Waals surface area contributed by atoms with Crippen LogP contribution in [0.1, 0.15) is 66.7 Å². The standard InChI is InChI=1S/C28H32F3N3O3S/c1-2-38(36,37)24-11-6-19(7-12-24)17-32-27(35)20-8-13-25-21(15-20)16-23(34(25)22-9-10-22)18-33-14-4-3-5-26(33)28(29,30)31/h6-8,11-13,15-16,22,26H,2-5,9-10,14,17-18H2,1H3,(H,32,35)/t26-/m0/s1. The summed E-state index contributed by atoms with van der Waals surface area (Å²) in [5, 5.41) is 3.71. The Morgan fingerprint density at radius 3 is 2.42 bits per heavy atom. The number of carbonyl (C=O) groups is 1. The number of carbonyl (C=O) groups excluding carboxylic acids is 1. The molecular formula is C28H32F3N3O3S. The second-order valence-electron chi connectivity index (χ2n) is 10.3. The van der Waals surface area contributed by atoms with Gasteiger partial charge in [0.25, 0.3) is 5.91 Å². The van der Waals surface area contributed by atoms with Gasteiger partial charge in [-0.2, -0.15) is 13.2 Å². The second kappa shape index (κ2) is 10.4. The fourth-order valence-corrected chi connectivity index (χ4v) is 6.23. The number of aromatic nitrogens is 1. The molecule has 38 heavy (non-hydrogen) atoms. The number of likely N-dealkylation sites (tertiary alicyclic amines) is 1. The summed E-state index contributed by atoms with van der Waals surface area (Å²) in [5.41, 5.74) is 3.04. The van der Waals surface area contributed by atoms with Crippen LogP contribution in [0.15, 0.2) is 53.4 Å². The second-order valence-corrected chi connectivity index (χ2v) is 12.5. The number of hydrogen-bond donors (Lipinski definition) is 1. The number of halogens is 3. The average Bonchev–Trinajstić information content (AvgIpc) is 3.67. The first-order chi connectivity index (χ1) is 18.1. The van der Waals surface area contributed by atoms with Crippen LogP contribution in [-0.2, 0) is 22.9 Å². The lowest BCUT2D eigenvalue weighted by atomic mass is 10.0. The van der Waals surface area contributed by atoms with E-state index in [-0.39, 0.29) is 42.1 Å². The predicted molar refractivity (Wildman–Crippen MR) is 140 cm³/mol. The lowest BCUT2D eigenvalue weighted by Gasteiger charge is -2.36. The van der Waals surface area contributed by atoms with Gasteiger partial charge in [0.2, 0.25) is 0 Å². The highest BCUT2D eigenvalue weighted by Crippen LogP contribution is 2.41. The number of fused-ring (bicyclic) bond motifs is 1. The number of alkyl halides is 3. The quantitative estimate of drug-likeness (QED) is 0.398. The topological polar surface area (TPSA) is 71.4 Å². The smallest absolute Gasteiger partial charge is 0.348 e. The molecule has 2 heterocycles. The lowest BCUT2D eigenvalue weighted by molar-refractivity contribution is -0.192. The third kappa shape index (κ3) is 5.61. The van der Waals surface area contributed by atoms with Gasteiger partial charge in [0, 0.05) is 41.3 Å². The van der Waals surface area contributed by atoms with Crippen LogP contribution in [-0.4, -0.2) is 48.3 Å². The maximum Gasteiger partial charge on any atom is 0.404 e. The molecule has 204 valence electrons. The maximum absolute atomic E-state index is 13.7. The number of nitrogens with one attached hydrogen (secondary N) is 1. The van der Waals surface area contributed by atoms with E-state index in [1.165, 1.54) is 0 Å². The Labute approximate surface area is 220 Å². The highest BCUT2D eigenvalue weighted by atomic mass is 32.2. The van der Waals surface area contributed by atoms with Crippen LogP contribution in [0.2, 0.25) is 0 Å². The monoisotopic (exact) mass is 547 g/mol. The van der Waals surface area contributed by atoms with Gasteiger partial charge in [-0.3, -0.25) is 9.69 Å². The molecule has 1 aliphatic carbocycles. The Kier molecular flexibility index (Phi) is 7.30. The van der Waals surface area contributed by atoms with Crippen molar-refractivity contribution in [2.24, 2.45) is 0 Å². The maximum atomic E-state index is 13.7. The molecule has 1 aliphatic heterocycles. The van der Waals surface area contributed by atoms with E-state index in [0.29, 0.717) is 18.5 Å². The summed E-state index contributed by atoms with van der Waals surface area (Å²) in [6, 6.07) is 12.7. The number of hydrogen-bond acceptors (Lipinski definition) is 4. The van der Waals surface area contributed by atoms with Gasteiger partial charge < -0.3 is 9.88 Å². The predicted octanol–water partition coefficient (Wildman–Crippen LogP) is 5.62. The summed E-state index contributed by atoms with van der Waals surface area (Å²) < 4.78 is 67.2. The zero-order valence-electron chi connectivity index (χ0n) is 21.3. The van der Waals surface area contributed by atoms with Crippen molar-refractivity contribution in [2.45, 2.75) is 75.3 Å². The Morgan fingerprint density at radius 2 is 1.76 bits per heavy atom. The Hall–Kier alpha value is -2.85. The van der Waals surface area contributed by atoms with Gasteiger partial charge in [0.05, 0.1) is 10.6 Å². The van der Waals surface area contributed by atoms with Crippen LogP contribution in [0.4, 0.5) is 13.2 Å². The number of nitrogens with zero attached hydrogens (tertiary/aromatic N) is 2. The van der Waals surface area contributed by atoms with Gasteiger partial charge in [-0.1, -0.05) is 25.5 Å². The molecule has 0 unspecified atom stereocenters. The van der Waals surface area contributed by atoms with Crippen molar-refractivity contribution in [3.8, 4) is 0 Å². The zero-order valence-corrected chi connectivity index (χ0v) is 22.1. The molecule has 1 saturated heterocycles. The number of piperidine rings is 1. The molecule has 0 radical (unpaired) electrons. The average molecular weight is 548 g/mol. The van der Waals surface area contributed by atoms with Crippen molar-refractivity contribution in [1.29, 1.82) is 0 Å². The summed E-state index contributed by atoms with van der Waals surface area (Å²) in [6.45, 7) is 2.50. The summed E-state index contributed by atoms with van der Waals surface area (Å²) in [4.78, 5) is 14.7. The Balaban J connectivity index is 1.33. The normalized spacial score (nSPS) is 19.1. The van der Waals surface area contributed by atoms with Crippen LogP contribution in [0.3, 0.4) is 0 Å². The van der Waals surface area contributed by atoms with Crippen molar-refractivity contribution < 1.29 is 26.4 Å². The molecule has 3 aromatic rings. The fraction of sp³-hybridized carbons (Fsp3) is 0.464. The third-order valence-electron chi connectivity index (χ3n) is 7.56. The molecule has 0 bridgehead atoms. The SMILES string of the molecule is CCS(=O)(=O)c1ccc(CNC(=O)c2ccc3c(c2)cc(CN2CCCC[C@H]2C(F)(F)F)n3C2CC2)cc1. The van der Waals surface area contributed by atoms with Crippen LogP contribution >= 0.6 is 0 Å². The molecule has 1 aromatic heterocycles. The van der Waals surface area contributed by atoms with Crippen LogP contribution in [0, 0.1) is 0 Å². The van der Waals surface area contributed by atoms with Gasteiger partial charge in [0.15, 0.2) is 9.84 Å². The summed E-state index contributed by atoms with van der Waals surface area (Å²) in [6.07, 6.45) is -0.758. The molecule has 1 N–H and O–H groups in total. The van der Waals surface area contributed by atoms with E-state index in [1.54, 1.807) is 48.2 Å². The van der Waals surface area contributed by atoms with Crippen LogP contribution < -0.4 is 5.32 Å². The van der Waals surface area contributed by atoms with E-state index in [0.717, 1.165) is 41.4 Å². The van der Waals surface area contributed by atoms with Crippen molar-refractivity contribution in [2.75, 3.05) is 12.3 Å². The van der Waals surface area contributed by atoms with Crippen molar-refractivity contribution in [3.63, 3.8) is 0 Å². The number of benzene rings is 2. The van der Waals surface area contributed by atoms with Gasteiger partial charge in [-0.15, -0.1) is 0 Å². The number of amides is 1. The molecular weight excluding hydrogens is 515 g/mol. The largest absolute Gasteiger partial charge is 0.404 e. The molecule has 1 saturated carbocycles. The van der Waals surface area contributed by atoms with Gasteiger partial charge >= 0.3 is 6.18 Å². The van der Waals surface area contributed by atoms with E-state index in [2.05, 4.69) is 9.88 Å². The molecule has 2 fully saturated rings. The summed E-state index contributed by atoms with van der Waals surface area (Å²) in [7, 11) is -3.28. The van der Waals surface area contributed by atoms with E-state index >= 15 is 0 Å². The molecule has 2 aromatic carbocycles. The summed E-state index contributed by atoms with van der Waals surface area (Å²) in [5.74, 6) is -0.248. The molecule has 0 spiro atoms. The minimum Gasteiger partial charge on any atom is -0.348 e. The number of sulfone groups is 1. The van der Waals surface area contributed by atoms with Crippen LogP contribution in [0.5, 0.6) is 0 Å². The Bertz CT molecular complexity index is 1430. The van der Waals surface area contributed by atoms with E-state index < -0.39 is 22.1 Å². The molecule has 1 amide bonds. The minimum atomic E-state index is -4.24. The first-order valence-electron chi connectivity index (χ1n) is 13.1. The van der Waals surface area contributed by atoms with Gasteiger partial charge in [-0.05, 0) is 74.2 Å². The zero-order chi connectivity index (χ0) is 27.1. The van der Waals surface area contributed by atoms with E-state index in [4.69, 9.17) is 0 Å². The van der Waals surface area contributed by atoms with Crippen molar-refractivity contribution in [3.05, 3.63) is 65.4 Å². The van der Waals surface area contributed by atoms with E-state index in [1.807, 2.05) is 12.1 Å². The first kappa shape index (κ1) is 26.7. The molecule has 10 heteroatoms. The highest BCUT2D eigenvalue weighted by Gasteiger charge is 2.44.